The van der Waals surface area contributed by atoms with Gasteiger partial charge in [0.05, 0.1) is 5.92 Å². The molecular weight excluding hydrogens is 344 g/mol. The first-order valence-electron chi connectivity index (χ1n) is 9.52. The van der Waals surface area contributed by atoms with Crippen LogP contribution >= 0.6 is 0 Å². The summed E-state index contributed by atoms with van der Waals surface area (Å²) < 4.78 is 0. The molecule has 1 aromatic rings. The predicted molar refractivity (Wildman–Crippen MR) is 102 cm³/mol. The molecule has 7 heteroatoms. The van der Waals surface area contributed by atoms with Gasteiger partial charge in [-0.05, 0) is 18.4 Å². The molecule has 0 aromatic heterocycles. The molecule has 3 rings (SSSR count). The maximum absolute atomic E-state index is 12.6. The number of amides is 4. The lowest BCUT2D eigenvalue weighted by Crippen LogP contribution is -2.50. The molecule has 1 unspecified atom stereocenters. The van der Waals surface area contributed by atoms with E-state index in [9.17, 15) is 14.4 Å². The molecule has 1 N–H and O–H groups in total. The average molecular weight is 372 g/mol. The van der Waals surface area contributed by atoms with Gasteiger partial charge in [-0.25, -0.2) is 4.79 Å². The predicted octanol–water partition coefficient (Wildman–Crippen LogP) is 1.30. The Hall–Kier alpha value is -2.57. The fourth-order valence-electron chi connectivity index (χ4n) is 3.72. The largest absolute Gasteiger partial charge is 0.353 e. The van der Waals surface area contributed by atoms with E-state index < -0.39 is 0 Å². The molecule has 2 saturated heterocycles. The number of carbonyl (C=O) groups excluding carboxylic acids is 3. The van der Waals surface area contributed by atoms with Crippen LogP contribution in [0.1, 0.15) is 24.8 Å². The van der Waals surface area contributed by atoms with Crippen molar-refractivity contribution >= 4 is 17.8 Å². The second-order valence-corrected chi connectivity index (χ2v) is 7.61. The van der Waals surface area contributed by atoms with Crippen LogP contribution in [-0.2, 0) is 16.1 Å². The highest BCUT2D eigenvalue weighted by Crippen LogP contribution is 2.21. The number of benzene rings is 1. The molecule has 0 aliphatic carbocycles. The highest BCUT2D eigenvalue weighted by atomic mass is 16.2. The van der Waals surface area contributed by atoms with Gasteiger partial charge >= 0.3 is 6.03 Å². The van der Waals surface area contributed by atoms with E-state index in [1.165, 1.54) is 0 Å². The van der Waals surface area contributed by atoms with Crippen molar-refractivity contribution in [2.24, 2.45) is 5.92 Å². The van der Waals surface area contributed by atoms with Crippen LogP contribution in [0.5, 0.6) is 0 Å². The summed E-state index contributed by atoms with van der Waals surface area (Å²) in [6.45, 7) is 2.31. The molecule has 0 bridgehead atoms. The van der Waals surface area contributed by atoms with E-state index in [0.717, 1.165) is 18.4 Å². The van der Waals surface area contributed by atoms with E-state index in [4.69, 9.17) is 0 Å². The summed E-state index contributed by atoms with van der Waals surface area (Å²) in [7, 11) is 3.49. The summed E-state index contributed by atoms with van der Waals surface area (Å²) in [5.74, 6) is -0.302. The van der Waals surface area contributed by atoms with Gasteiger partial charge in [-0.1, -0.05) is 30.3 Å². The standard InChI is InChI=1S/C20H28N4O3/c1-22(2)20(27)23-10-8-17(9-11-23)21-19(26)16-12-18(25)24(14-16)13-15-6-4-3-5-7-15/h3-7,16-17H,8-14H2,1-2H3,(H,21,26). The molecule has 2 aliphatic heterocycles. The van der Waals surface area contributed by atoms with Crippen molar-refractivity contribution in [3.05, 3.63) is 35.9 Å². The number of urea groups is 1. The van der Waals surface area contributed by atoms with Gasteiger partial charge in [0, 0.05) is 52.7 Å². The van der Waals surface area contributed by atoms with Crippen molar-refractivity contribution in [1.82, 2.24) is 20.0 Å². The first-order chi connectivity index (χ1) is 12.9. The molecule has 0 spiro atoms. The number of likely N-dealkylation sites (tertiary alicyclic amines) is 2. The van der Waals surface area contributed by atoms with Crippen LogP contribution in [0.4, 0.5) is 4.79 Å². The van der Waals surface area contributed by atoms with Crippen molar-refractivity contribution in [2.75, 3.05) is 33.7 Å². The third kappa shape index (κ3) is 4.78. The molecule has 1 aromatic carbocycles. The Morgan fingerprint density at radius 3 is 2.44 bits per heavy atom. The Bertz CT molecular complexity index is 684. The van der Waals surface area contributed by atoms with Crippen molar-refractivity contribution < 1.29 is 14.4 Å². The van der Waals surface area contributed by atoms with Crippen molar-refractivity contribution in [3.8, 4) is 0 Å². The maximum atomic E-state index is 12.6. The lowest BCUT2D eigenvalue weighted by Gasteiger charge is -2.34. The lowest BCUT2D eigenvalue weighted by molar-refractivity contribution is -0.129. The molecule has 0 saturated carbocycles. The minimum atomic E-state index is -0.289. The zero-order valence-electron chi connectivity index (χ0n) is 16.1. The summed E-state index contributed by atoms with van der Waals surface area (Å²) in [4.78, 5) is 42.0. The number of piperidine rings is 1. The normalized spacial score (nSPS) is 20.7. The van der Waals surface area contributed by atoms with Gasteiger partial charge in [0.25, 0.3) is 0 Å². The number of hydrogen-bond donors (Lipinski definition) is 1. The SMILES string of the molecule is CN(C)C(=O)N1CCC(NC(=O)C2CC(=O)N(Cc3ccccc3)C2)CC1. The van der Waals surface area contributed by atoms with Crippen molar-refractivity contribution in [2.45, 2.75) is 31.8 Å². The van der Waals surface area contributed by atoms with Gasteiger partial charge in [-0.2, -0.15) is 0 Å². The number of nitrogens with one attached hydrogen (secondary N) is 1. The second kappa shape index (κ2) is 8.41. The number of nitrogens with zero attached hydrogens (tertiary/aromatic N) is 3. The van der Waals surface area contributed by atoms with Crippen LogP contribution in [-0.4, -0.2) is 72.3 Å². The highest BCUT2D eigenvalue weighted by molar-refractivity contribution is 5.89. The zero-order chi connectivity index (χ0) is 19.4. The van der Waals surface area contributed by atoms with Crippen LogP contribution in [0.25, 0.3) is 0 Å². The molecule has 7 nitrogen and oxygen atoms in total. The summed E-state index contributed by atoms with van der Waals surface area (Å²) in [6, 6.07) is 9.91. The van der Waals surface area contributed by atoms with Gasteiger partial charge in [-0.15, -0.1) is 0 Å². The zero-order valence-corrected chi connectivity index (χ0v) is 16.1. The van der Waals surface area contributed by atoms with Gasteiger partial charge in [0.2, 0.25) is 11.8 Å². The van der Waals surface area contributed by atoms with Crippen molar-refractivity contribution in [1.29, 1.82) is 0 Å². The fraction of sp³-hybridized carbons (Fsp3) is 0.550. The monoisotopic (exact) mass is 372 g/mol. The maximum Gasteiger partial charge on any atom is 0.319 e. The average Bonchev–Trinajstić information content (AvgIpc) is 3.03. The van der Waals surface area contributed by atoms with Gasteiger partial charge in [0.15, 0.2) is 0 Å². The Kier molecular flexibility index (Phi) is 5.98. The van der Waals surface area contributed by atoms with Gasteiger partial charge in [0.1, 0.15) is 0 Å². The summed E-state index contributed by atoms with van der Waals surface area (Å²) >= 11 is 0. The van der Waals surface area contributed by atoms with Crippen molar-refractivity contribution in [3.63, 3.8) is 0 Å². The van der Waals surface area contributed by atoms with E-state index in [2.05, 4.69) is 5.32 Å². The minimum Gasteiger partial charge on any atom is -0.353 e. The Balaban J connectivity index is 1.47. The van der Waals surface area contributed by atoms with Crippen LogP contribution in [0.3, 0.4) is 0 Å². The van der Waals surface area contributed by atoms with Crippen LogP contribution in [0.2, 0.25) is 0 Å². The number of carbonyl (C=O) groups is 3. The molecular formula is C20H28N4O3. The smallest absolute Gasteiger partial charge is 0.319 e. The fourth-order valence-corrected chi connectivity index (χ4v) is 3.72. The van der Waals surface area contributed by atoms with E-state index in [-0.39, 0.29) is 36.2 Å². The number of hydrogen-bond acceptors (Lipinski definition) is 3. The summed E-state index contributed by atoms with van der Waals surface area (Å²) in [5, 5.41) is 3.09. The number of rotatable bonds is 4. The van der Waals surface area contributed by atoms with Gasteiger partial charge < -0.3 is 20.0 Å². The molecule has 4 amide bonds. The molecule has 2 fully saturated rings. The Labute approximate surface area is 160 Å². The van der Waals surface area contributed by atoms with Crippen LogP contribution in [0.15, 0.2) is 30.3 Å². The van der Waals surface area contributed by atoms with E-state index in [0.29, 0.717) is 26.2 Å². The Morgan fingerprint density at radius 2 is 1.81 bits per heavy atom. The third-order valence-corrected chi connectivity index (χ3v) is 5.30. The van der Waals surface area contributed by atoms with Gasteiger partial charge in [-0.3, -0.25) is 9.59 Å². The molecule has 2 aliphatic rings. The summed E-state index contributed by atoms with van der Waals surface area (Å²) in [6.07, 6.45) is 1.77. The Morgan fingerprint density at radius 1 is 1.15 bits per heavy atom. The molecule has 0 radical (unpaired) electrons. The molecule has 27 heavy (non-hydrogen) atoms. The minimum absolute atomic E-state index is 0.0118. The topological polar surface area (TPSA) is 73.0 Å². The second-order valence-electron chi connectivity index (χ2n) is 7.61. The summed E-state index contributed by atoms with van der Waals surface area (Å²) in [5.41, 5.74) is 1.07. The van der Waals surface area contributed by atoms with E-state index in [1.807, 2.05) is 35.2 Å². The van der Waals surface area contributed by atoms with Crippen LogP contribution < -0.4 is 5.32 Å². The lowest BCUT2D eigenvalue weighted by atomic mass is 10.0. The highest BCUT2D eigenvalue weighted by Gasteiger charge is 2.35. The van der Waals surface area contributed by atoms with Crippen LogP contribution in [0, 0.1) is 5.92 Å². The van der Waals surface area contributed by atoms with E-state index in [1.54, 1.807) is 23.9 Å². The molecule has 2 heterocycles. The third-order valence-electron chi connectivity index (χ3n) is 5.30. The quantitative estimate of drug-likeness (QED) is 0.866. The first-order valence-corrected chi connectivity index (χ1v) is 9.52. The van der Waals surface area contributed by atoms with E-state index >= 15 is 0 Å². The molecule has 1 atom stereocenters. The molecule has 146 valence electrons. The first kappa shape index (κ1) is 19.2.